The van der Waals surface area contributed by atoms with Crippen molar-refractivity contribution in [3.8, 4) is 17.2 Å². The fourth-order valence-electron chi connectivity index (χ4n) is 3.31. The van der Waals surface area contributed by atoms with Crippen molar-refractivity contribution < 1.29 is 17.6 Å². The van der Waals surface area contributed by atoms with Crippen molar-refractivity contribution in [3.63, 3.8) is 0 Å². The van der Waals surface area contributed by atoms with E-state index < -0.39 is 9.84 Å². The number of oxazole rings is 1. The summed E-state index contributed by atoms with van der Waals surface area (Å²) in [5.74, 6) is 1.18. The summed E-state index contributed by atoms with van der Waals surface area (Å²) in [7, 11) is -2.24. The van der Waals surface area contributed by atoms with Crippen LogP contribution in [0.3, 0.4) is 0 Å². The van der Waals surface area contributed by atoms with Gasteiger partial charge in [0.1, 0.15) is 5.75 Å². The molecule has 0 aliphatic rings. The highest BCUT2D eigenvalue weighted by molar-refractivity contribution is 7.91. The summed E-state index contributed by atoms with van der Waals surface area (Å²) in [4.78, 5) is 4.56. The minimum atomic E-state index is -3.87. The van der Waals surface area contributed by atoms with Crippen LogP contribution in [0.5, 0.6) is 5.75 Å². The van der Waals surface area contributed by atoms with Crippen LogP contribution >= 0.6 is 0 Å². The van der Waals surface area contributed by atoms with Crippen molar-refractivity contribution in [3.05, 3.63) is 90.0 Å². The molecule has 0 fully saturated rings. The van der Waals surface area contributed by atoms with Crippen molar-refractivity contribution in [2.45, 2.75) is 23.3 Å². The highest BCUT2D eigenvalue weighted by Gasteiger charge is 2.28. The quantitative estimate of drug-likeness (QED) is 0.402. The van der Waals surface area contributed by atoms with Gasteiger partial charge in [-0.1, -0.05) is 42.5 Å². The molecule has 0 amide bonds. The molecule has 4 aromatic rings. The molecule has 1 heterocycles. The summed E-state index contributed by atoms with van der Waals surface area (Å²) in [5, 5.41) is 3.02. The Hall–Kier alpha value is -3.58. The maximum Gasteiger partial charge on any atom is 0.233 e. The zero-order valence-corrected chi connectivity index (χ0v) is 18.7. The molecule has 0 aliphatic carbocycles. The highest BCUT2D eigenvalue weighted by atomic mass is 32.2. The zero-order chi connectivity index (χ0) is 22.6. The molecule has 7 heteroatoms. The predicted molar refractivity (Wildman–Crippen MR) is 124 cm³/mol. The second-order valence-electron chi connectivity index (χ2n) is 7.36. The van der Waals surface area contributed by atoms with Gasteiger partial charge in [-0.05, 0) is 60.9 Å². The third-order valence-corrected chi connectivity index (χ3v) is 6.69. The van der Waals surface area contributed by atoms with Crippen molar-refractivity contribution >= 4 is 15.7 Å². The van der Waals surface area contributed by atoms with Crippen LogP contribution in [-0.2, 0) is 16.3 Å². The molecule has 32 heavy (non-hydrogen) atoms. The molecular formula is C25H24N2O4S. The Balaban J connectivity index is 1.64. The van der Waals surface area contributed by atoms with E-state index in [9.17, 15) is 8.42 Å². The maximum atomic E-state index is 13.4. The van der Waals surface area contributed by atoms with Gasteiger partial charge in [0.25, 0.3) is 0 Å². The van der Waals surface area contributed by atoms with Gasteiger partial charge in [-0.3, -0.25) is 0 Å². The standard InChI is InChI=1S/C25H24N2O4S/c1-18-7-6-10-22(17-18)32(28,29)25-24(31-23(27-25)20-8-4-3-5-9-20)26-16-15-19-11-13-21(30-2)14-12-19/h3-14,17,26H,15-16H2,1-2H3. The number of hydrogen-bond donors (Lipinski definition) is 1. The average Bonchev–Trinajstić information content (AvgIpc) is 3.25. The summed E-state index contributed by atoms with van der Waals surface area (Å²) in [6.45, 7) is 2.33. The predicted octanol–water partition coefficient (Wildman–Crippen LogP) is 5.15. The number of anilines is 1. The summed E-state index contributed by atoms with van der Waals surface area (Å²) >= 11 is 0. The molecule has 0 bridgehead atoms. The van der Waals surface area contributed by atoms with E-state index in [1.165, 1.54) is 0 Å². The summed E-state index contributed by atoms with van der Waals surface area (Å²) in [6, 6.07) is 23.8. The van der Waals surface area contributed by atoms with Gasteiger partial charge in [0, 0.05) is 12.1 Å². The lowest BCUT2D eigenvalue weighted by atomic mass is 10.1. The number of aromatic nitrogens is 1. The van der Waals surface area contributed by atoms with Gasteiger partial charge < -0.3 is 14.5 Å². The molecule has 1 N–H and O–H groups in total. The molecule has 3 aromatic carbocycles. The molecule has 0 saturated carbocycles. The maximum absolute atomic E-state index is 13.4. The number of methoxy groups -OCH3 is 1. The van der Waals surface area contributed by atoms with Crippen LogP contribution in [-0.4, -0.2) is 27.1 Å². The van der Waals surface area contributed by atoms with Crippen molar-refractivity contribution in [2.75, 3.05) is 19.0 Å². The van der Waals surface area contributed by atoms with E-state index in [-0.39, 0.29) is 21.7 Å². The normalized spacial score (nSPS) is 11.3. The van der Waals surface area contributed by atoms with E-state index >= 15 is 0 Å². The number of ether oxygens (including phenoxy) is 1. The second kappa shape index (κ2) is 9.28. The van der Waals surface area contributed by atoms with Crippen LogP contribution in [0.25, 0.3) is 11.5 Å². The summed E-state index contributed by atoms with van der Waals surface area (Å²) in [5.41, 5.74) is 2.65. The van der Waals surface area contributed by atoms with Gasteiger partial charge in [-0.25, -0.2) is 8.42 Å². The first-order valence-electron chi connectivity index (χ1n) is 10.2. The molecule has 0 atom stereocenters. The third-order valence-electron chi connectivity index (χ3n) is 5.03. The van der Waals surface area contributed by atoms with Crippen LogP contribution in [0, 0.1) is 6.92 Å². The first-order valence-corrected chi connectivity index (χ1v) is 11.7. The van der Waals surface area contributed by atoms with Gasteiger partial charge in [0.05, 0.1) is 12.0 Å². The van der Waals surface area contributed by atoms with E-state index in [1.807, 2.05) is 67.6 Å². The van der Waals surface area contributed by atoms with E-state index in [1.54, 1.807) is 25.3 Å². The van der Waals surface area contributed by atoms with Gasteiger partial charge in [-0.15, -0.1) is 0 Å². The Bertz CT molecular complexity index is 1300. The Kier molecular flexibility index (Phi) is 6.28. The second-order valence-corrected chi connectivity index (χ2v) is 9.23. The number of nitrogens with zero attached hydrogens (tertiary/aromatic N) is 1. The number of hydrogen-bond acceptors (Lipinski definition) is 6. The van der Waals surface area contributed by atoms with Crippen LogP contribution in [0.1, 0.15) is 11.1 Å². The summed E-state index contributed by atoms with van der Waals surface area (Å²) in [6.07, 6.45) is 0.676. The molecule has 0 unspecified atom stereocenters. The van der Waals surface area contributed by atoms with Crippen molar-refractivity contribution in [1.29, 1.82) is 0 Å². The number of benzene rings is 3. The minimum absolute atomic E-state index is 0.114. The van der Waals surface area contributed by atoms with Gasteiger partial charge in [0.15, 0.2) is 0 Å². The number of aryl methyl sites for hydroxylation is 1. The number of sulfone groups is 1. The molecule has 0 aliphatic heterocycles. The lowest BCUT2D eigenvalue weighted by Crippen LogP contribution is -2.10. The average molecular weight is 449 g/mol. The molecular weight excluding hydrogens is 424 g/mol. The van der Waals surface area contributed by atoms with E-state index in [0.717, 1.165) is 16.9 Å². The first kappa shape index (κ1) is 21.6. The molecule has 1 aromatic heterocycles. The van der Waals surface area contributed by atoms with Gasteiger partial charge >= 0.3 is 0 Å². The molecule has 6 nitrogen and oxygen atoms in total. The smallest absolute Gasteiger partial charge is 0.233 e. The van der Waals surface area contributed by atoms with Crippen LogP contribution in [0.15, 0.2) is 93.2 Å². The lowest BCUT2D eigenvalue weighted by molar-refractivity contribution is 0.414. The Morgan fingerprint density at radius 3 is 2.41 bits per heavy atom. The SMILES string of the molecule is COc1ccc(CCNc2oc(-c3ccccc3)nc2S(=O)(=O)c2cccc(C)c2)cc1. The van der Waals surface area contributed by atoms with Crippen LogP contribution in [0.4, 0.5) is 5.88 Å². The van der Waals surface area contributed by atoms with Gasteiger partial charge in [-0.2, -0.15) is 4.98 Å². The monoisotopic (exact) mass is 448 g/mol. The highest BCUT2D eigenvalue weighted by Crippen LogP contribution is 2.32. The van der Waals surface area contributed by atoms with E-state index in [2.05, 4.69) is 10.3 Å². The number of nitrogens with one attached hydrogen (secondary N) is 1. The van der Waals surface area contributed by atoms with Crippen LogP contribution < -0.4 is 10.1 Å². The Labute approximate surface area is 187 Å². The Morgan fingerprint density at radius 1 is 0.969 bits per heavy atom. The third kappa shape index (κ3) is 4.68. The molecule has 4 rings (SSSR count). The molecule has 0 spiro atoms. The first-order chi connectivity index (χ1) is 15.5. The Morgan fingerprint density at radius 2 is 1.72 bits per heavy atom. The van der Waals surface area contributed by atoms with Gasteiger partial charge in [0.2, 0.25) is 26.6 Å². The fourth-order valence-corrected chi connectivity index (χ4v) is 4.69. The lowest BCUT2D eigenvalue weighted by Gasteiger charge is -2.07. The van der Waals surface area contributed by atoms with E-state index in [4.69, 9.17) is 9.15 Å². The molecule has 164 valence electrons. The molecule has 0 radical (unpaired) electrons. The number of rotatable bonds is 8. The minimum Gasteiger partial charge on any atom is -0.497 e. The molecule has 0 saturated heterocycles. The van der Waals surface area contributed by atoms with Crippen molar-refractivity contribution in [2.24, 2.45) is 0 Å². The van der Waals surface area contributed by atoms with E-state index in [0.29, 0.717) is 18.5 Å². The summed E-state index contributed by atoms with van der Waals surface area (Å²) < 4.78 is 37.8. The topological polar surface area (TPSA) is 81.4 Å². The van der Waals surface area contributed by atoms with Crippen molar-refractivity contribution in [1.82, 2.24) is 4.98 Å². The zero-order valence-electron chi connectivity index (χ0n) is 17.9. The van der Waals surface area contributed by atoms with Crippen LogP contribution in [0.2, 0.25) is 0 Å². The largest absolute Gasteiger partial charge is 0.497 e. The fraction of sp³-hybridized carbons (Fsp3) is 0.160.